The molecule has 0 aliphatic rings. The highest BCUT2D eigenvalue weighted by Gasteiger charge is 2.03. The quantitative estimate of drug-likeness (QED) is 0.782. The third-order valence-corrected chi connectivity index (χ3v) is 3.32. The molecule has 0 spiro atoms. The van der Waals surface area contributed by atoms with E-state index < -0.39 is 0 Å². The summed E-state index contributed by atoms with van der Waals surface area (Å²) in [5.41, 5.74) is 7.87. The van der Waals surface area contributed by atoms with Gasteiger partial charge in [-0.3, -0.25) is 0 Å². The summed E-state index contributed by atoms with van der Waals surface area (Å²) in [6.45, 7) is 4.66. The molecule has 1 atom stereocenters. The van der Waals surface area contributed by atoms with E-state index in [1.807, 2.05) is 25.1 Å². The van der Waals surface area contributed by atoms with Gasteiger partial charge in [-0.2, -0.15) is 0 Å². The monoisotopic (exact) mass is 335 g/mol. The second-order valence-corrected chi connectivity index (χ2v) is 5.61. The van der Waals surface area contributed by atoms with Gasteiger partial charge >= 0.3 is 0 Å². The predicted octanol–water partition coefficient (Wildman–Crippen LogP) is 3.05. The smallest absolute Gasteiger partial charge is 0.135 e. The minimum absolute atomic E-state index is 0.0765. The molecular weight excluding hydrogens is 318 g/mol. The number of benzene rings is 1. The number of anilines is 3. The average molecular weight is 336 g/mol. The topological polar surface area (TPSA) is 75.9 Å². The maximum Gasteiger partial charge on any atom is 0.135 e. The van der Waals surface area contributed by atoms with Gasteiger partial charge in [0.05, 0.1) is 5.69 Å². The third kappa shape index (κ3) is 4.18. The molecule has 1 aromatic carbocycles. The van der Waals surface area contributed by atoms with Crippen LogP contribution in [0.25, 0.3) is 0 Å². The van der Waals surface area contributed by atoms with Gasteiger partial charge in [-0.1, -0.05) is 6.07 Å². The molecule has 2 aromatic rings. The third-order valence-electron chi connectivity index (χ3n) is 2.66. The number of aromatic nitrogens is 2. The summed E-state index contributed by atoms with van der Waals surface area (Å²) in [6, 6.07) is 8.04. The Morgan fingerprint density at radius 1 is 1.25 bits per heavy atom. The maximum atomic E-state index is 5.71. The van der Waals surface area contributed by atoms with E-state index in [-0.39, 0.29) is 6.04 Å². The lowest BCUT2D eigenvalue weighted by Crippen LogP contribution is -2.25. The van der Waals surface area contributed by atoms with E-state index in [2.05, 4.69) is 49.5 Å². The van der Waals surface area contributed by atoms with Crippen LogP contribution < -0.4 is 16.4 Å². The van der Waals surface area contributed by atoms with Crippen molar-refractivity contribution in [1.29, 1.82) is 0 Å². The van der Waals surface area contributed by atoms with Crippen LogP contribution in [0.15, 0.2) is 35.1 Å². The molecule has 0 aliphatic heterocycles. The molecule has 0 radical (unpaired) electrons. The first-order valence-corrected chi connectivity index (χ1v) is 7.18. The van der Waals surface area contributed by atoms with Crippen LogP contribution in [-0.2, 0) is 0 Å². The van der Waals surface area contributed by atoms with Crippen molar-refractivity contribution in [2.75, 3.05) is 17.2 Å². The summed E-state index contributed by atoms with van der Waals surface area (Å²) >= 11 is 3.53. The number of nitrogens with two attached hydrogens (primary N) is 1. The first-order valence-electron chi connectivity index (χ1n) is 6.39. The highest BCUT2D eigenvalue weighted by molar-refractivity contribution is 9.10. The van der Waals surface area contributed by atoms with Gasteiger partial charge in [0.2, 0.25) is 0 Å². The van der Waals surface area contributed by atoms with Crippen LogP contribution >= 0.6 is 15.9 Å². The molecule has 0 amide bonds. The first kappa shape index (κ1) is 14.7. The summed E-state index contributed by atoms with van der Waals surface area (Å²) < 4.78 is 1.00. The van der Waals surface area contributed by atoms with Crippen LogP contribution in [0.2, 0.25) is 0 Å². The number of hydrogen-bond donors (Lipinski definition) is 3. The van der Waals surface area contributed by atoms with Gasteiger partial charge in [0.15, 0.2) is 0 Å². The van der Waals surface area contributed by atoms with Crippen molar-refractivity contribution in [3.8, 4) is 0 Å². The fourth-order valence-corrected chi connectivity index (χ4v) is 2.24. The number of halogens is 1. The predicted molar refractivity (Wildman–Crippen MR) is 86.3 cm³/mol. The summed E-state index contributed by atoms with van der Waals surface area (Å²) in [5.74, 6) is 1.49. The number of nitrogens with zero attached hydrogens (tertiary/aromatic N) is 2. The normalized spacial score (nSPS) is 12.0. The Balaban J connectivity index is 2.11. The number of rotatable bonds is 5. The molecule has 5 nitrogen and oxygen atoms in total. The fourth-order valence-electron chi connectivity index (χ4n) is 1.65. The lowest BCUT2D eigenvalue weighted by molar-refractivity contribution is 0.777. The van der Waals surface area contributed by atoms with Gasteiger partial charge in [-0.05, 0) is 47.5 Å². The second-order valence-electron chi connectivity index (χ2n) is 4.75. The van der Waals surface area contributed by atoms with Gasteiger partial charge in [-0.15, -0.1) is 0 Å². The molecule has 0 aliphatic carbocycles. The minimum atomic E-state index is 0.0765. The van der Waals surface area contributed by atoms with Crippen molar-refractivity contribution in [3.63, 3.8) is 0 Å². The molecule has 2 rings (SSSR count). The number of aryl methyl sites for hydroxylation is 1. The lowest BCUT2D eigenvalue weighted by Gasteiger charge is -2.11. The van der Waals surface area contributed by atoms with Crippen molar-refractivity contribution in [2.24, 2.45) is 5.73 Å². The van der Waals surface area contributed by atoms with Gasteiger partial charge in [-0.25, -0.2) is 9.97 Å². The molecule has 6 heteroatoms. The van der Waals surface area contributed by atoms with E-state index in [0.717, 1.165) is 21.8 Å². The molecule has 0 saturated carbocycles. The number of nitrogens with one attached hydrogen (secondary N) is 2. The van der Waals surface area contributed by atoms with Gasteiger partial charge < -0.3 is 16.4 Å². The van der Waals surface area contributed by atoms with E-state index in [0.29, 0.717) is 6.54 Å². The average Bonchev–Trinajstić information content (AvgIpc) is 2.40. The van der Waals surface area contributed by atoms with Crippen LogP contribution in [0.4, 0.5) is 17.3 Å². The van der Waals surface area contributed by atoms with Crippen LogP contribution in [0.5, 0.6) is 0 Å². The Morgan fingerprint density at radius 3 is 2.70 bits per heavy atom. The molecule has 20 heavy (non-hydrogen) atoms. The highest BCUT2D eigenvalue weighted by atomic mass is 79.9. The molecule has 0 fully saturated rings. The minimum Gasteiger partial charge on any atom is -0.368 e. The van der Waals surface area contributed by atoms with Crippen LogP contribution in [-0.4, -0.2) is 22.6 Å². The van der Waals surface area contributed by atoms with Crippen LogP contribution in [0, 0.1) is 6.92 Å². The fraction of sp³-hybridized carbons (Fsp3) is 0.286. The Bertz CT molecular complexity index is 586. The molecule has 0 bridgehead atoms. The highest BCUT2D eigenvalue weighted by Crippen LogP contribution is 2.26. The van der Waals surface area contributed by atoms with Crippen LogP contribution in [0.1, 0.15) is 12.5 Å². The zero-order valence-electron chi connectivity index (χ0n) is 11.5. The molecule has 1 unspecified atom stereocenters. The largest absolute Gasteiger partial charge is 0.368 e. The SMILES string of the molecule is Cc1ccc(Nc2cc(NCC(C)N)ncn2)c(Br)c1. The maximum absolute atomic E-state index is 5.71. The van der Waals surface area contributed by atoms with Crippen molar-refractivity contribution >= 4 is 33.3 Å². The van der Waals surface area contributed by atoms with Gasteiger partial charge in [0, 0.05) is 23.1 Å². The van der Waals surface area contributed by atoms with Gasteiger partial charge in [0.25, 0.3) is 0 Å². The van der Waals surface area contributed by atoms with E-state index >= 15 is 0 Å². The standard InChI is InChI=1S/C14H18BrN5/c1-9-3-4-12(11(15)5-9)20-14-6-13(18-8-19-14)17-7-10(2)16/h3-6,8,10H,7,16H2,1-2H3,(H2,17,18,19,20). The van der Waals surface area contributed by atoms with E-state index in [4.69, 9.17) is 5.73 Å². The zero-order valence-corrected chi connectivity index (χ0v) is 13.1. The molecule has 106 valence electrons. The Morgan fingerprint density at radius 2 is 2.00 bits per heavy atom. The van der Waals surface area contributed by atoms with Gasteiger partial charge in [0.1, 0.15) is 18.0 Å². The summed E-state index contributed by atoms with van der Waals surface area (Å²) in [7, 11) is 0. The zero-order chi connectivity index (χ0) is 14.5. The van der Waals surface area contributed by atoms with E-state index in [9.17, 15) is 0 Å². The van der Waals surface area contributed by atoms with Crippen LogP contribution in [0.3, 0.4) is 0 Å². The number of hydrogen-bond acceptors (Lipinski definition) is 5. The first-order chi connectivity index (χ1) is 9.54. The Kier molecular flexibility index (Phi) is 4.92. The van der Waals surface area contributed by atoms with E-state index in [1.54, 1.807) is 0 Å². The Labute approximate surface area is 127 Å². The lowest BCUT2D eigenvalue weighted by atomic mass is 10.2. The molecule has 0 saturated heterocycles. The molecule has 1 aromatic heterocycles. The molecule has 1 heterocycles. The van der Waals surface area contributed by atoms with E-state index in [1.165, 1.54) is 11.9 Å². The summed E-state index contributed by atoms with van der Waals surface area (Å²) in [5, 5.41) is 6.42. The summed E-state index contributed by atoms with van der Waals surface area (Å²) in [4.78, 5) is 8.37. The van der Waals surface area contributed by atoms with Crippen molar-refractivity contribution in [3.05, 3.63) is 40.6 Å². The second kappa shape index (κ2) is 6.67. The van der Waals surface area contributed by atoms with Crippen molar-refractivity contribution < 1.29 is 0 Å². The Hall–Kier alpha value is -1.66. The van der Waals surface area contributed by atoms with Crippen molar-refractivity contribution in [1.82, 2.24) is 9.97 Å². The molecular formula is C14H18BrN5. The molecule has 4 N–H and O–H groups in total. The van der Waals surface area contributed by atoms with Crippen molar-refractivity contribution in [2.45, 2.75) is 19.9 Å². The summed E-state index contributed by atoms with van der Waals surface area (Å²) in [6.07, 6.45) is 1.52.